The molecule has 1 aliphatic rings. The van der Waals surface area contributed by atoms with E-state index in [9.17, 15) is 0 Å². The van der Waals surface area contributed by atoms with Gasteiger partial charge < -0.3 is 9.31 Å². The highest BCUT2D eigenvalue weighted by Gasteiger charge is 2.52. The Kier molecular flexibility index (Phi) is 5.83. The molecule has 0 unspecified atom stereocenters. The van der Waals surface area contributed by atoms with E-state index in [1.54, 1.807) is 0 Å². The highest BCUT2D eigenvalue weighted by molar-refractivity contribution is 7.27. The molecule has 7 rings (SSSR count). The van der Waals surface area contributed by atoms with Crippen molar-refractivity contribution in [3.8, 4) is 11.1 Å². The lowest BCUT2D eigenvalue weighted by molar-refractivity contribution is 0.00578. The summed E-state index contributed by atoms with van der Waals surface area (Å²) in [6, 6.07) is 24.1. The van der Waals surface area contributed by atoms with E-state index in [1.807, 2.05) is 11.3 Å². The van der Waals surface area contributed by atoms with Gasteiger partial charge in [-0.05, 0) is 63.6 Å². The highest BCUT2D eigenvalue weighted by Crippen LogP contribution is 2.43. The van der Waals surface area contributed by atoms with Gasteiger partial charge in [0.05, 0.1) is 22.2 Å². The van der Waals surface area contributed by atoms with Crippen LogP contribution >= 0.6 is 11.3 Å². The van der Waals surface area contributed by atoms with Crippen LogP contribution in [0.4, 0.5) is 0 Å². The molecule has 0 aliphatic carbocycles. The maximum Gasteiger partial charge on any atom is 0.496 e. The molecule has 4 nitrogen and oxygen atoms in total. The number of pyridine rings is 2. The lowest BCUT2D eigenvalue weighted by Gasteiger charge is -2.32. The number of rotatable bonds is 4. The molecule has 0 saturated carbocycles. The minimum absolute atomic E-state index is 0.386. The largest absolute Gasteiger partial charge is 0.496 e. The summed E-state index contributed by atoms with van der Waals surface area (Å²) in [4.78, 5) is 10.1. The molecule has 3 aromatic carbocycles. The fourth-order valence-electron chi connectivity index (χ4n) is 5.78. The van der Waals surface area contributed by atoms with Gasteiger partial charge >= 0.3 is 7.12 Å². The van der Waals surface area contributed by atoms with Gasteiger partial charge in [-0.3, -0.25) is 9.97 Å². The number of hydrogen-bond donors (Lipinski definition) is 0. The SMILES string of the molecule is CCc1ccc2ccc3c(-c4cccc5c4sc4c(B6OC(C)(C)C(C)(C)O6)cccc45)cc(CC)nc3c2n1. The zero-order chi connectivity index (χ0) is 27.8. The van der Waals surface area contributed by atoms with Crippen molar-refractivity contribution in [3.63, 3.8) is 0 Å². The third-order valence-electron chi connectivity index (χ3n) is 8.83. The average Bonchev–Trinajstić information content (AvgIpc) is 3.44. The van der Waals surface area contributed by atoms with Crippen molar-refractivity contribution in [2.75, 3.05) is 0 Å². The Morgan fingerprint density at radius 3 is 2.05 bits per heavy atom. The first-order valence-corrected chi connectivity index (χ1v) is 15.0. The van der Waals surface area contributed by atoms with Crippen LogP contribution in [0.1, 0.15) is 52.9 Å². The maximum atomic E-state index is 6.49. The summed E-state index contributed by atoms with van der Waals surface area (Å²) >= 11 is 1.83. The Balaban J connectivity index is 1.48. The molecule has 0 amide bonds. The van der Waals surface area contributed by atoms with Crippen LogP contribution in [0, 0.1) is 0 Å². The molecule has 0 spiro atoms. The molecule has 40 heavy (non-hydrogen) atoms. The normalized spacial score (nSPS) is 16.6. The van der Waals surface area contributed by atoms with Gasteiger partial charge in [0.15, 0.2) is 0 Å². The summed E-state index contributed by atoms with van der Waals surface area (Å²) in [7, 11) is -0.399. The van der Waals surface area contributed by atoms with Gasteiger partial charge in [0.1, 0.15) is 0 Å². The van der Waals surface area contributed by atoms with Crippen LogP contribution in [-0.4, -0.2) is 28.3 Å². The van der Waals surface area contributed by atoms with Crippen LogP contribution in [0.15, 0.2) is 66.7 Å². The van der Waals surface area contributed by atoms with Gasteiger partial charge in [-0.15, -0.1) is 11.3 Å². The number of thiophene rings is 1. The van der Waals surface area contributed by atoms with Crippen molar-refractivity contribution in [2.45, 2.75) is 65.6 Å². The summed E-state index contributed by atoms with van der Waals surface area (Å²) in [5.74, 6) is 0. The topological polar surface area (TPSA) is 44.2 Å². The van der Waals surface area contributed by atoms with E-state index in [0.717, 1.165) is 51.5 Å². The summed E-state index contributed by atoms with van der Waals surface area (Å²) in [5, 5.41) is 4.76. The van der Waals surface area contributed by atoms with E-state index in [2.05, 4.69) is 108 Å². The maximum absolute atomic E-state index is 6.49. The predicted molar refractivity (Wildman–Crippen MR) is 170 cm³/mol. The summed E-state index contributed by atoms with van der Waals surface area (Å²) in [6.07, 6.45) is 1.76. The third kappa shape index (κ3) is 3.81. The minimum atomic E-state index is -0.399. The second-order valence-corrected chi connectivity index (χ2v) is 12.8. The van der Waals surface area contributed by atoms with Crippen molar-refractivity contribution in [1.82, 2.24) is 9.97 Å². The van der Waals surface area contributed by atoms with Gasteiger partial charge in [0.25, 0.3) is 0 Å². The van der Waals surface area contributed by atoms with Crippen molar-refractivity contribution < 1.29 is 9.31 Å². The fraction of sp³-hybridized carbons (Fsp3) is 0.294. The van der Waals surface area contributed by atoms with Gasteiger partial charge in [-0.1, -0.05) is 68.4 Å². The average molecular weight is 545 g/mol. The van der Waals surface area contributed by atoms with Crippen molar-refractivity contribution in [1.29, 1.82) is 0 Å². The molecular weight excluding hydrogens is 511 g/mol. The summed E-state index contributed by atoms with van der Waals surface area (Å²) < 4.78 is 15.5. The predicted octanol–water partition coefficient (Wildman–Crippen LogP) is 8.24. The molecule has 0 atom stereocenters. The van der Waals surface area contributed by atoms with E-state index in [4.69, 9.17) is 19.3 Å². The van der Waals surface area contributed by atoms with Crippen LogP contribution in [-0.2, 0) is 22.2 Å². The van der Waals surface area contributed by atoms with E-state index < -0.39 is 7.12 Å². The summed E-state index contributed by atoms with van der Waals surface area (Å²) in [5.41, 5.74) is 6.90. The van der Waals surface area contributed by atoms with E-state index in [1.165, 1.54) is 31.3 Å². The first kappa shape index (κ1) is 25.6. The van der Waals surface area contributed by atoms with E-state index in [0.29, 0.717) is 0 Å². The second kappa shape index (κ2) is 9.10. The van der Waals surface area contributed by atoms with Gasteiger partial charge in [-0.25, -0.2) is 0 Å². The first-order chi connectivity index (χ1) is 19.2. The lowest BCUT2D eigenvalue weighted by atomic mass is 9.78. The number of hydrogen-bond acceptors (Lipinski definition) is 5. The molecular formula is C34H33BN2O2S. The third-order valence-corrected chi connectivity index (χ3v) is 10.1. The fourth-order valence-corrected chi connectivity index (χ4v) is 7.13. The number of benzene rings is 3. The van der Waals surface area contributed by atoms with Gasteiger partial charge in [-0.2, -0.15) is 0 Å². The van der Waals surface area contributed by atoms with Crippen molar-refractivity contribution in [2.24, 2.45) is 0 Å². The first-order valence-electron chi connectivity index (χ1n) is 14.2. The highest BCUT2D eigenvalue weighted by atomic mass is 32.1. The molecule has 6 aromatic rings. The number of fused-ring (bicyclic) bond motifs is 6. The minimum Gasteiger partial charge on any atom is -0.399 e. The Morgan fingerprint density at radius 2 is 1.32 bits per heavy atom. The van der Waals surface area contributed by atoms with Crippen LogP contribution in [0.5, 0.6) is 0 Å². The number of nitrogens with zero attached hydrogens (tertiary/aromatic N) is 2. The van der Waals surface area contributed by atoms with Crippen LogP contribution in [0.3, 0.4) is 0 Å². The zero-order valence-corrected chi connectivity index (χ0v) is 24.8. The molecule has 1 fully saturated rings. The summed E-state index contributed by atoms with van der Waals surface area (Å²) in [6.45, 7) is 12.8. The Bertz CT molecular complexity index is 1940. The molecule has 1 saturated heterocycles. The van der Waals surface area contributed by atoms with Crippen LogP contribution < -0.4 is 5.46 Å². The smallest absolute Gasteiger partial charge is 0.399 e. The second-order valence-electron chi connectivity index (χ2n) is 11.8. The Morgan fingerprint density at radius 1 is 0.675 bits per heavy atom. The Hall–Kier alpha value is -3.32. The molecule has 0 bridgehead atoms. The lowest BCUT2D eigenvalue weighted by Crippen LogP contribution is -2.41. The molecule has 0 N–H and O–H groups in total. The van der Waals surface area contributed by atoms with Crippen molar-refractivity contribution in [3.05, 3.63) is 78.1 Å². The van der Waals surface area contributed by atoms with Crippen molar-refractivity contribution >= 4 is 65.9 Å². The van der Waals surface area contributed by atoms with E-state index >= 15 is 0 Å². The molecule has 0 radical (unpaired) electrons. The monoisotopic (exact) mass is 544 g/mol. The molecule has 3 aromatic heterocycles. The van der Waals surface area contributed by atoms with Crippen LogP contribution in [0.2, 0.25) is 0 Å². The molecule has 4 heterocycles. The molecule has 200 valence electrons. The van der Waals surface area contributed by atoms with Crippen LogP contribution in [0.25, 0.3) is 53.1 Å². The number of aryl methyl sites for hydroxylation is 2. The standard InChI is InChI=1S/C34H33BN2O2S/c1-7-21-17-15-20-16-18-23-27(19-22(8-2)37-30(23)29(20)36-21)26-12-9-11-24-25-13-10-14-28(32(25)40-31(24)26)35-38-33(3,4)34(5,6)39-35/h9-19H,7-8H2,1-6H3. The van der Waals surface area contributed by atoms with Gasteiger partial charge in [0, 0.05) is 48.0 Å². The van der Waals surface area contributed by atoms with Gasteiger partial charge in [0.2, 0.25) is 0 Å². The number of aromatic nitrogens is 2. The molecule has 1 aliphatic heterocycles. The quantitative estimate of drug-likeness (QED) is 0.166. The molecule has 6 heteroatoms. The van der Waals surface area contributed by atoms with E-state index in [-0.39, 0.29) is 11.2 Å². The zero-order valence-electron chi connectivity index (χ0n) is 24.0. The Labute approximate surface area is 239 Å².